The highest BCUT2D eigenvalue weighted by molar-refractivity contribution is 5.30. The van der Waals surface area contributed by atoms with Crippen molar-refractivity contribution in [3.63, 3.8) is 0 Å². The van der Waals surface area contributed by atoms with Gasteiger partial charge in [-0.15, -0.1) is 0 Å². The summed E-state index contributed by atoms with van der Waals surface area (Å²) in [4.78, 5) is 9.04. The molecule has 0 saturated heterocycles. The number of imidazole rings is 1. The first-order valence-electron chi connectivity index (χ1n) is 8.01. The summed E-state index contributed by atoms with van der Waals surface area (Å²) in [7, 11) is 0. The number of nitrogens with zero attached hydrogens (tertiary/aromatic N) is 3. The summed E-state index contributed by atoms with van der Waals surface area (Å²) in [5.74, 6) is 1.02. The second kappa shape index (κ2) is 6.74. The molecule has 4 heteroatoms. The maximum Gasteiger partial charge on any atom is 0.203 e. The van der Waals surface area contributed by atoms with Gasteiger partial charge in [0.1, 0.15) is 0 Å². The Labute approximate surface area is 126 Å². The average molecular weight is 284 g/mol. The van der Waals surface area contributed by atoms with Crippen LogP contribution in [0.25, 0.3) is 0 Å². The number of rotatable bonds is 5. The fourth-order valence-corrected chi connectivity index (χ4v) is 3.04. The zero-order valence-corrected chi connectivity index (χ0v) is 12.8. The topological polar surface area (TPSA) is 42.7 Å². The highest BCUT2D eigenvalue weighted by Crippen LogP contribution is 2.21. The Balaban J connectivity index is 1.64. The number of nitrogens with one attached hydrogen (secondary N) is 1. The van der Waals surface area contributed by atoms with Crippen LogP contribution in [0.2, 0.25) is 0 Å². The van der Waals surface area contributed by atoms with E-state index >= 15 is 0 Å². The summed E-state index contributed by atoms with van der Waals surface area (Å²) in [6.07, 6.45) is 11.5. The molecule has 1 N–H and O–H groups in total. The quantitative estimate of drug-likeness (QED) is 0.912. The lowest BCUT2D eigenvalue weighted by molar-refractivity contribution is 0.458. The van der Waals surface area contributed by atoms with E-state index in [1.54, 1.807) is 0 Å². The summed E-state index contributed by atoms with van der Waals surface area (Å²) in [5.41, 5.74) is 2.21. The molecule has 2 aromatic heterocycles. The number of hydrogen-bond donors (Lipinski definition) is 1. The highest BCUT2D eigenvalue weighted by atomic mass is 15.2. The van der Waals surface area contributed by atoms with Gasteiger partial charge >= 0.3 is 0 Å². The molecular formula is C17H24N4. The molecule has 21 heavy (non-hydrogen) atoms. The van der Waals surface area contributed by atoms with Gasteiger partial charge in [-0.25, -0.2) is 4.98 Å². The van der Waals surface area contributed by atoms with Crippen LogP contribution < -0.4 is 5.32 Å². The van der Waals surface area contributed by atoms with E-state index in [0.29, 0.717) is 6.04 Å². The van der Waals surface area contributed by atoms with Gasteiger partial charge in [0, 0.05) is 37.1 Å². The Morgan fingerprint density at radius 3 is 2.86 bits per heavy atom. The molecule has 1 fully saturated rings. The molecule has 112 valence electrons. The molecule has 2 aromatic rings. The van der Waals surface area contributed by atoms with Crippen molar-refractivity contribution in [2.75, 3.05) is 5.32 Å². The first-order chi connectivity index (χ1) is 10.3. The molecule has 0 bridgehead atoms. The molecule has 0 amide bonds. The molecule has 0 atom stereocenters. The van der Waals surface area contributed by atoms with Gasteiger partial charge in [-0.3, -0.25) is 4.98 Å². The van der Waals surface area contributed by atoms with Crippen molar-refractivity contribution >= 4 is 5.95 Å². The summed E-state index contributed by atoms with van der Waals surface area (Å²) >= 11 is 0. The van der Waals surface area contributed by atoms with Crippen molar-refractivity contribution in [1.82, 2.24) is 14.5 Å². The van der Waals surface area contributed by atoms with Gasteiger partial charge < -0.3 is 9.88 Å². The average Bonchev–Trinajstić information content (AvgIpc) is 2.87. The third kappa shape index (κ3) is 3.84. The van der Waals surface area contributed by atoms with E-state index in [-0.39, 0.29) is 0 Å². The van der Waals surface area contributed by atoms with Crippen LogP contribution in [0.4, 0.5) is 5.95 Å². The molecule has 1 aliphatic carbocycles. The minimum atomic E-state index is 0.592. The Hall–Kier alpha value is -1.84. The van der Waals surface area contributed by atoms with Gasteiger partial charge in [0.25, 0.3) is 0 Å². The maximum absolute atomic E-state index is 4.65. The minimum Gasteiger partial charge on any atom is -0.353 e. The number of aromatic nitrogens is 3. The second-order valence-corrected chi connectivity index (χ2v) is 5.95. The van der Waals surface area contributed by atoms with Crippen LogP contribution in [0.1, 0.15) is 43.5 Å². The van der Waals surface area contributed by atoms with E-state index in [1.165, 1.54) is 32.1 Å². The van der Waals surface area contributed by atoms with E-state index in [0.717, 1.165) is 30.3 Å². The van der Waals surface area contributed by atoms with Gasteiger partial charge in [0.05, 0.1) is 5.69 Å². The largest absolute Gasteiger partial charge is 0.353 e. The van der Waals surface area contributed by atoms with E-state index in [4.69, 9.17) is 0 Å². The van der Waals surface area contributed by atoms with Crippen LogP contribution in [0.15, 0.2) is 30.6 Å². The number of pyridine rings is 1. The van der Waals surface area contributed by atoms with Crippen molar-refractivity contribution in [1.29, 1.82) is 0 Å². The van der Waals surface area contributed by atoms with Gasteiger partial charge in [-0.2, -0.15) is 0 Å². The third-order valence-corrected chi connectivity index (χ3v) is 4.17. The van der Waals surface area contributed by atoms with E-state index in [1.807, 2.05) is 18.3 Å². The SMILES string of the molecule is Cc1cn(CCc2ccccn2)c(NC2CCCCC2)n1. The first-order valence-corrected chi connectivity index (χ1v) is 8.01. The number of hydrogen-bond acceptors (Lipinski definition) is 3. The molecular weight excluding hydrogens is 260 g/mol. The lowest BCUT2D eigenvalue weighted by atomic mass is 9.96. The van der Waals surface area contributed by atoms with E-state index < -0.39 is 0 Å². The summed E-state index contributed by atoms with van der Waals surface area (Å²) in [6.45, 7) is 2.98. The Bertz CT molecular complexity index is 555. The monoisotopic (exact) mass is 284 g/mol. The standard InChI is InChI=1S/C17H24N4/c1-14-13-21(12-10-15-7-5-6-11-18-15)17(19-14)20-16-8-3-2-4-9-16/h5-7,11,13,16H,2-4,8-10,12H2,1H3,(H,19,20). The number of aryl methyl sites for hydroxylation is 3. The van der Waals surface area contributed by atoms with Gasteiger partial charge in [-0.1, -0.05) is 25.3 Å². The predicted octanol–water partition coefficient (Wildman–Crippen LogP) is 3.57. The van der Waals surface area contributed by atoms with E-state index in [2.05, 4.69) is 39.0 Å². The molecule has 0 aromatic carbocycles. The smallest absolute Gasteiger partial charge is 0.203 e. The van der Waals surface area contributed by atoms with Crippen molar-refractivity contribution in [3.05, 3.63) is 42.0 Å². The third-order valence-electron chi connectivity index (χ3n) is 4.17. The predicted molar refractivity (Wildman–Crippen MR) is 85.4 cm³/mol. The van der Waals surface area contributed by atoms with Crippen LogP contribution >= 0.6 is 0 Å². The molecule has 0 spiro atoms. The Morgan fingerprint density at radius 1 is 1.24 bits per heavy atom. The first kappa shape index (κ1) is 14.1. The lowest BCUT2D eigenvalue weighted by Gasteiger charge is -2.23. The molecule has 3 rings (SSSR count). The van der Waals surface area contributed by atoms with Gasteiger partial charge in [0.15, 0.2) is 0 Å². The van der Waals surface area contributed by atoms with Crippen LogP contribution in [0, 0.1) is 6.92 Å². The van der Waals surface area contributed by atoms with Gasteiger partial charge in [0.2, 0.25) is 5.95 Å². The van der Waals surface area contributed by atoms with Crippen LogP contribution in [-0.4, -0.2) is 20.6 Å². The van der Waals surface area contributed by atoms with Crippen molar-refractivity contribution in [3.8, 4) is 0 Å². The summed E-state index contributed by atoms with van der Waals surface area (Å²) in [6, 6.07) is 6.68. The van der Waals surface area contributed by atoms with Crippen molar-refractivity contribution < 1.29 is 0 Å². The number of anilines is 1. The molecule has 0 radical (unpaired) electrons. The molecule has 0 unspecified atom stereocenters. The zero-order chi connectivity index (χ0) is 14.5. The molecule has 2 heterocycles. The van der Waals surface area contributed by atoms with Crippen LogP contribution in [-0.2, 0) is 13.0 Å². The van der Waals surface area contributed by atoms with Crippen LogP contribution in [0.3, 0.4) is 0 Å². The Kier molecular flexibility index (Phi) is 4.53. The maximum atomic E-state index is 4.65. The molecule has 0 aliphatic heterocycles. The lowest BCUT2D eigenvalue weighted by Crippen LogP contribution is -2.24. The molecule has 1 saturated carbocycles. The Morgan fingerprint density at radius 2 is 2.10 bits per heavy atom. The van der Waals surface area contributed by atoms with Crippen molar-refractivity contribution in [2.45, 2.75) is 58.0 Å². The zero-order valence-electron chi connectivity index (χ0n) is 12.8. The summed E-state index contributed by atoms with van der Waals surface area (Å²) < 4.78 is 2.23. The second-order valence-electron chi connectivity index (χ2n) is 5.95. The van der Waals surface area contributed by atoms with E-state index in [9.17, 15) is 0 Å². The fourth-order valence-electron chi connectivity index (χ4n) is 3.04. The normalized spacial score (nSPS) is 16.0. The molecule has 1 aliphatic rings. The van der Waals surface area contributed by atoms with Crippen LogP contribution in [0.5, 0.6) is 0 Å². The fraction of sp³-hybridized carbons (Fsp3) is 0.529. The summed E-state index contributed by atoms with van der Waals surface area (Å²) in [5, 5.41) is 3.64. The molecule has 4 nitrogen and oxygen atoms in total. The minimum absolute atomic E-state index is 0.592. The van der Waals surface area contributed by atoms with Gasteiger partial charge in [-0.05, 0) is 31.9 Å². The highest BCUT2D eigenvalue weighted by Gasteiger charge is 2.15. The van der Waals surface area contributed by atoms with Crippen molar-refractivity contribution in [2.24, 2.45) is 0 Å².